The molecule has 0 nitrogen and oxygen atoms in total. The average molecular weight is 171 g/mol. The van der Waals surface area contributed by atoms with Crippen LogP contribution in [0.15, 0.2) is 0 Å². The number of thiol groups is 1. The molecule has 0 saturated heterocycles. The third kappa shape index (κ3) is 9.97. The molecule has 0 rings (SSSR count). The fourth-order valence-corrected chi connectivity index (χ4v) is 3.02. The normalized spacial score (nSPS) is 10.5. The minimum atomic E-state index is -0.734. The Morgan fingerprint density at radius 1 is 1.25 bits per heavy atom. The fraction of sp³-hybridized carbons (Fsp3) is 1.00. The van der Waals surface area contributed by atoms with Gasteiger partial charge in [-0.2, -0.15) is 12.6 Å². The van der Waals surface area contributed by atoms with Gasteiger partial charge in [-0.05, 0) is 11.8 Å². The van der Waals surface area contributed by atoms with Crippen LogP contribution in [0, 0.1) is 0 Å². The zero-order chi connectivity index (χ0) is 5.91. The van der Waals surface area contributed by atoms with Crippen LogP contribution in [0.4, 0.5) is 0 Å². The molecule has 0 fully saturated rings. The number of hydrogen-bond acceptors (Lipinski definition) is 1. The third-order valence-electron chi connectivity index (χ3n) is 0.862. The molecule has 0 spiro atoms. The molecule has 0 amide bonds. The third-order valence-corrected chi connectivity index (χ3v) is 3.26. The first-order valence-corrected chi connectivity index (χ1v) is 7.01. The molecule has 0 unspecified atom stereocenters. The van der Waals surface area contributed by atoms with Crippen molar-refractivity contribution >= 4 is 33.1 Å². The van der Waals surface area contributed by atoms with Crippen molar-refractivity contribution in [3.05, 3.63) is 0 Å². The molecule has 0 aliphatic rings. The predicted molar refractivity (Wildman–Crippen MR) is 49.3 cm³/mol. The Bertz CT molecular complexity index is 50.9. The molecule has 8 heavy (non-hydrogen) atoms. The van der Waals surface area contributed by atoms with E-state index in [4.69, 9.17) is 0 Å². The Labute approximate surface area is 64.9 Å². The molecule has 0 atom stereocenters. The summed E-state index contributed by atoms with van der Waals surface area (Å²) in [5.41, 5.74) is 0. The smallest absolute Gasteiger partial charge is 0.0450 e. The number of hydrogen-bond donors (Lipinski definition) is 1. The van der Waals surface area contributed by atoms with Gasteiger partial charge in [0.05, 0.1) is 0 Å². The molecule has 0 aromatic carbocycles. The predicted octanol–water partition coefficient (Wildman–Crippen LogP) is 2.68. The van der Waals surface area contributed by atoms with Crippen LogP contribution in [0.5, 0.6) is 0 Å². The average Bonchev–Trinajstić information content (AvgIpc) is 1.30. The largest absolute Gasteiger partial charge is 0.180 e. The summed E-state index contributed by atoms with van der Waals surface area (Å²) in [5, 5.41) is 0. The summed E-state index contributed by atoms with van der Waals surface area (Å²) in [5.74, 6) is 1.07. The number of rotatable bonds is 2. The van der Waals surface area contributed by atoms with Gasteiger partial charge in [0.2, 0.25) is 0 Å². The molecule has 0 saturated carbocycles. The Kier molecular flexibility index (Phi) is 6.85. The summed E-state index contributed by atoms with van der Waals surface area (Å²) >= 11 is 4.15. The molecule has 0 heterocycles. The highest BCUT2D eigenvalue weighted by atomic mass is 35.5. The van der Waals surface area contributed by atoms with Crippen LogP contribution in [0.3, 0.4) is 0 Å². The van der Waals surface area contributed by atoms with E-state index < -0.39 is 8.07 Å². The van der Waals surface area contributed by atoms with E-state index in [9.17, 15) is 0 Å². The maximum atomic E-state index is 4.15. The van der Waals surface area contributed by atoms with E-state index in [1.807, 2.05) is 0 Å². The van der Waals surface area contributed by atoms with Crippen molar-refractivity contribution in [1.82, 2.24) is 0 Å². The van der Waals surface area contributed by atoms with Gasteiger partial charge in [-0.1, -0.05) is 19.6 Å². The summed E-state index contributed by atoms with van der Waals surface area (Å²) in [6.07, 6.45) is 0. The Morgan fingerprint density at radius 2 is 1.62 bits per heavy atom. The summed E-state index contributed by atoms with van der Waals surface area (Å²) in [4.78, 5) is 0. The Balaban J connectivity index is 0. The minimum absolute atomic E-state index is 0. The molecule has 0 aromatic heterocycles. The lowest BCUT2D eigenvalue weighted by atomic mass is 11.0. The second kappa shape index (κ2) is 4.71. The van der Waals surface area contributed by atoms with E-state index in [1.165, 1.54) is 6.04 Å². The lowest BCUT2D eigenvalue weighted by Gasteiger charge is -2.11. The standard InChI is InChI=1S/C5H14SSi.ClH/c1-7(2,3)5-4-6;/h6H,4-5H2,1-3H3;1H. The Hall–Kier alpha value is 0.857. The molecular formula is C5H15ClSSi. The Morgan fingerprint density at radius 3 is 1.62 bits per heavy atom. The second-order valence-corrected chi connectivity index (χ2v) is 9.10. The van der Waals surface area contributed by atoms with Crippen molar-refractivity contribution in [2.75, 3.05) is 5.75 Å². The van der Waals surface area contributed by atoms with E-state index in [0.717, 1.165) is 5.75 Å². The quantitative estimate of drug-likeness (QED) is 0.478. The molecule has 0 radical (unpaired) electrons. The second-order valence-electron chi connectivity index (χ2n) is 3.03. The first kappa shape index (κ1) is 11.6. The highest BCUT2D eigenvalue weighted by Gasteiger charge is 2.09. The van der Waals surface area contributed by atoms with E-state index in [0.29, 0.717) is 0 Å². The van der Waals surface area contributed by atoms with Crippen molar-refractivity contribution in [2.45, 2.75) is 25.7 Å². The maximum absolute atomic E-state index is 4.15. The molecule has 3 heteroatoms. The highest BCUT2D eigenvalue weighted by Crippen LogP contribution is 2.07. The zero-order valence-electron chi connectivity index (χ0n) is 5.77. The minimum Gasteiger partial charge on any atom is -0.180 e. The number of halogens is 1. The molecule has 0 N–H and O–H groups in total. The van der Waals surface area contributed by atoms with E-state index in [-0.39, 0.29) is 12.4 Å². The maximum Gasteiger partial charge on any atom is 0.0450 e. The van der Waals surface area contributed by atoms with Crippen molar-refractivity contribution in [1.29, 1.82) is 0 Å². The van der Waals surface area contributed by atoms with Gasteiger partial charge in [0.15, 0.2) is 0 Å². The van der Waals surface area contributed by atoms with Crippen LogP contribution in [0.2, 0.25) is 25.7 Å². The molecule has 52 valence electrons. The topological polar surface area (TPSA) is 0 Å². The van der Waals surface area contributed by atoms with Crippen LogP contribution >= 0.6 is 25.0 Å². The van der Waals surface area contributed by atoms with Gasteiger partial charge in [0.1, 0.15) is 0 Å². The summed E-state index contributed by atoms with van der Waals surface area (Å²) in [7, 11) is -0.734. The molecule has 0 aromatic rings. The van der Waals surface area contributed by atoms with Crippen molar-refractivity contribution in [3.8, 4) is 0 Å². The first-order chi connectivity index (χ1) is 3.06. The van der Waals surface area contributed by atoms with Gasteiger partial charge in [0.25, 0.3) is 0 Å². The summed E-state index contributed by atoms with van der Waals surface area (Å²) in [6, 6.07) is 1.34. The van der Waals surface area contributed by atoms with Gasteiger partial charge in [0, 0.05) is 8.07 Å². The molecule has 0 aliphatic carbocycles. The highest BCUT2D eigenvalue weighted by molar-refractivity contribution is 7.80. The van der Waals surface area contributed by atoms with Gasteiger partial charge < -0.3 is 0 Å². The van der Waals surface area contributed by atoms with Crippen molar-refractivity contribution in [3.63, 3.8) is 0 Å². The molecular weight excluding hydrogens is 156 g/mol. The lowest BCUT2D eigenvalue weighted by molar-refractivity contribution is 1.38. The monoisotopic (exact) mass is 170 g/mol. The van der Waals surface area contributed by atoms with Crippen LogP contribution in [0.1, 0.15) is 0 Å². The first-order valence-electron chi connectivity index (χ1n) is 2.67. The zero-order valence-corrected chi connectivity index (χ0v) is 8.48. The van der Waals surface area contributed by atoms with Gasteiger partial charge >= 0.3 is 0 Å². The van der Waals surface area contributed by atoms with Crippen molar-refractivity contribution in [2.24, 2.45) is 0 Å². The lowest BCUT2D eigenvalue weighted by Crippen LogP contribution is -2.19. The summed E-state index contributed by atoms with van der Waals surface area (Å²) in [6.45, 7) is 7.09. The van der Waals surface area contributed by atoms with E-state index in [1.54, 1.807) is 0 Å². The van der Waals surface area contributed by atoms with Crippen LogP contribution in [0.25, 0.3) is 0 Å². The van der Waals surface area contributed by atoms with Crippen molar-refractivity contribution < 1.29 is 0 Å². The SMILES string of the molecule is C[Si](C)(C)CCS.Cl. The van der Waals surface area contributed by atoms with Crippen LogP contribution in [-0.4, -0.2) is 13.8 Å². The van der Waals surface area contributed by atoms with Gasteiger partial charge in [-0.15, -0.1) is 12.4 Å². The van der Waals surface area contributed by atoms with Crippen LogP contribution < -0.4 is 0 Å². The van der Waals surface area contributed by atoms with Gasteiger partial charge in [-0.3, -0.25) is 0 Å². The molecule has 0 aliphatic heterocycles. The van der Waals surface area contributed by atoms with E-state index >= 15 is 0 Å². The van der Waals surface area contributed by atoms with Gasteiger partial charge in [-0.25, -0.2) is 0 Å². The summed E-state index contributed by atoms with van der Waals surface area (Å²) < 4.78 is 0. The van der Waals surface area contributed by atoms with Crippen LogP contribution in [-0.2, 0) is 0 Å². The fourth-order valence-electron chi connectivity index (χ4n) is 0.335. The molecule has 0 bridgehead atoms. The van der Waals surface area contributed by atoms with E-state index in [2.05, 4.69) is 32.3 Å².